The van der Waals surface area contributed by atoms with Gasteiger partial charge in [0.25, 0.3) is 0 Å². The minimum atomic E-state index is -4.46. The number of sulfonamides is 1. The molecule has 2 aromatic rings. The highest BCUT2D eigenvalue weighted by molar-refractivity contribution is 7.92. The van der Waals surface area contributed by atoms with Crippen molar-refractivity contribution >= 4 is 15.7 Å². The van der Waals surface area contributed by atoms with Crippen LogP contribution in [0.25, 0.3) is 0 Å². The maximum absolute atomic E-state index is 12.8. The molecule has 0 atom stereocenters. The van der Waals surface area contributed by atoms with E-state index in [1.807, 2.05) is 6.92 Å². The quantitative estimate of drug-likeness (QED) is 0.718. The zero-order valence-electron chi connectivity index (χ0n) is 15.3. The molecule has 0 bridgehead atoms. The first kappa shape index (κ1) is 21.1. The SMILES string of the molecule is CCCCS(=O)(=O)Nc1c(C)nn(COc2cccc(C(F)(F)F)c2)c1C. The van der Waals surface area contributed by atoms with E-state index in [2.05, 4.69) is 9.82 Å². The highest BCUT2D eigenvalue weighted by atomic mass is 32.2. The second kappa shape index (κ2) is 8.20. The highest BCUT2D eigenvalue weighted by Crippen LogP contribution is 2.31. The van der Waals surface area contributed by atoms with Crippen molar-refractivity contribution < 1.29 is 26.3 Å². The number of hydrogen-bond donors (Lipinski definition) is 1. The number of halogens is 3. The van der Waals surface area contributed by atoms with Crippen LogP contribution < -0.4 is 9.46 Å². The van der Waals surface area contributed by atoms with E-state index >= 15 is 0 Å². The van der Waals surface area contributed by atoms with Crippen LogP contribution in [0.2, 0.25) is 0 Å². The number of ether oxygens (including phenoxy) is 1. The molecule has 1 heterocycles. The summed E-state index contributed by atoms with van der Waals surface area (Å²) in [5, 5.41) is 4.20. The van der Waals surface area contributed by atoms with E-state index in [4.69, 9.17) is 4.74 Å². The number of nitrogens with one attached hydrogen (secondary N) is 1. The van der Waals surface area contributed by atoms with E-state index in [9.17, 15) is 21.6 Å². The van der Waals surface area contributed by atoms with Gasteiger partial charge in [-0.2, -0.15) is 18.3 Å². The third-order valence-electron chi connectivity index (χ3n) is 3.92. The molecule has 27 heavy (non-hydrogen) atoms. The largest absolute Gasteiger partial charge is 0.471 e. The minimum Gasteiger partial charge on any atom is -0.471 e. The zero-order chi connectivity index (χ0) is 20.2. The van der Waals surface area contributed by atoms with Gasteiger partial charge in [0.05, 0.1) is 28.4 Å². The molecule has 1 aromatic carbocycles. The number of anilines is 1. The second-order valence-electron chi connectivity index (χ2n) is 6.12. The number of unbranched alkanes of at least 4 members (excludes halogenated alkanes) is 1. The monoisotopic (exact) mass is 405 g/mol. The fourth-order valence-corrected chi connectivity index (χ4v) is 3.79. The van der Waals surface area contributed by atoms with E-state index in [-0.39, 0.29) is 18.2 Å². The second-order valence-corrected chi connectivity index (χ2v) is 7.96. The summed E-state index contributed by atoms with van der Waals surface area (Å²) >= 11 is 0. The maximum atomic E-state index is 12.8. The van der Waals surface area contributed by atoms with Gasteiger partial charge in [-0.25, -0.2) is 13.1 Å². The van der Waals surface area contributed by atoms with Crippen molar-refractivity contribution in [3.05, 3.63) is 41.2 Å². The molecular formula is C17H22F3N3O3S. The van der Waals surface area contributed by atoms with E-state index in [0.717, 1.165) is 18.6 Å². The average molecular weight is 405 g/mol. The lowest BCUT2D eigenvalue weighted by atomic mass is 10.2. The van der Waals surface area contributed by atoms with Gasteiger partial charge in [0.15, 0.2) is 6.73 Å². The van der Waals surface area contributed by atoms with Gasteiger partial charge in [0, 0.05) is 0 Å². The molecule has 0 aliphatic heterocycles. The van der Waals surface area contributed by atoms with Crippen molar-refractivity contribution in [3.63, 3.8) is 0 Å². The summed E-state index contributed by atoms with van der Waals surface area (Å²) in [6.45, 7) is 5.05. The van der Waals surface area contributed by atoms with Gasteiger partial charge in [-0.05, 0) is 38.5 Å². The Morgan fingerprint density at radius 1 is 1.26 bits per heavy atom. The third-order valence-corrected chi connectivity index (χ3v) is 5.26. The Bertz CT molecular complexity index is 893. The molecule has 0 aliphatic carbocycles. The van der Waals surface area contributed by atoms with Gasteiger partial charge in [-0.15, -0.1) is 0 Å². The van der Waals surface area contributed by atoms with Crippen LogP contribution in [0, 0.1) is 13.8 Å². The van der Waals surface area contributed by atoms with Crippen molar-refractivity contribution in [2.45, 2.75) is 46.5 Å². The van der Waals surface area contributed by atoms with Crippen LogP contribution in [0.4, 0.5) is 18.9 Å². The Kier molecular flexibility index (Phi) is 6.40. The average Bonchev–Trinajstić information content (AvgIpc) is 2.85. The Morgan fingerprint density at radius 3 is 2.59 bits per heavy atom. The molecule has 10 heteroatoms. The molecule has 0 saturated heterocycles. The molecule has 0 unspecified atom stereocenters. The van der Waals surface area contributed by atoms with Gasteiger partial charge in [-0.1, -0.05) is 19.4 Å². The summed E-state index contributed by atoms with van der Waals surface area (Å²) in [7, 11) is -3.49. The number of aryl methyl sites for hydroxylation is 1. The number of alkyl halides is 3. The van der Waals surface area contributed by atoms with Gasteiger partial charge < -0.3 is 4.74 Å². The first-order valence-electron chi connectivity index (χ1n) is 8.38. The number of rotatable bonds is 8. The fraction of sp³-hybridized carbons (Fsp3) is 0.471. The first-order chi connectivity index (χ1) is 12.5. The molecule has 0 amide bonds. The van der Waals surface area contributed by atoms with Crippen LogP contribution in [0.1, 0.15) is 36.7 Å². The third kappa shape index (κ3) is 5.62. The standard InChI is InChI=1S/C17H22F3N3O3S/c1-4-5-9-27(24,25)22-16-12(2)21-23(13(16)3)11-26-15-8-6-7-14(10-15)17(18,19)20/h6-8,10,22H,4-5,9,11H2,1-3H3. The van der Waals surface area contributed by atoms with Crippen molar-refractivity contribution in [2.75, 3.05) is 10.5 Å². The van der Waals surface area contributed by atoms with E-state index in [1.165, 1.54) is 16.8 Å². The first-order valence-corrected chi connectivity index (χ1v) is 10.0. The molecule has 0 aliphatic rings. The number of benzene rings is 1. The normalized spacial score (nSPS) is 12.2. The molecule has 150 valence electrons. The molecule has 0 spiro atoms. The topological polar surface area (TPSA) is 73.2 Å². The molecular weight excluding hydrogens is 383 g/mol. The Balaban J connectivity index is 2.13. The van der Waals surface area contributed by atoms with Gasteiger partial charge >= 0.3 is 6.18 Å². The van der Waals surface area contributed by atoms with Crippen molar-refractivity contribution in [1.29, 1.82) is 0 Å². The van der Waals surface area contributed by atoms with Crippen LogP contribution >= 0.6 is 0 Å². The van der Waals surface area contributed by atoms with Crippen LogP contribution in [0.5, 0.6) is 5.75 Å². The summed E-state index contributed by atoms with van der Waals surface area (Å²) in [4.78, 5) is 0. The predicted octanol–water partition coefficient (Wildman–Crippen LogP) is 4.10. The van der Waals surface area contributed by atoms with E-state index < -0.39 is 21.8 Å². The van der Waals surface area contributed by atoms with Gasteiger partial charge in [-0.3, -0.25) is 4.72 Å². The molecule has 1 aromatic heterocycles. The molecule has 0 radical (unpaired) electrons. The molecule has 0 saturated carbocycles. The zero-order valence-corrected chi connectivity index (χ0v) is 16.1. The number of nitrogens with zero attached hydrogens (tertiary/aromatic N) is 2. The molecule has 6 nitrogen and oxygen atoms in total. The summed E-state index contributed by atoms with van der Waals surface area (Å²) < 4.78 is 71.8. The number of hydrogen-bond acceptors (Lipinski definition) is 4. The van der Waals surface area contributed by atoms with Crippen molar-refractivity contribution in [2.24, 2.45) is 0 Å². The lowest BCUT2D eigenvalue weighted by Crippen LogP contribution is -2.17. The summed E-state index contributed by atoms with van der Waals surface area (Å²) in [6, 6.07) is 4.53. The lowest BCUT2D eigenvalue weighted by molar-refractivity contribution is -0.137. The smallest absolute Gasteiger partial charge is 0.416 e. The fourth-order valence-electron chi connectivity index (χ4n) is 2.41. The van der Waals surface area contributed by atoms with Crippen LogP contribution in [-0.4, -0.2) is 24.0 Å². The lowest BCUT2D eigenvalue weighted by Gasteiger charge is -2.11. The Labute approximate surface area is 156 Å². The van der Waals surface area contributed by atoms with Crippen molar-refractivity contribution in [1.82, 2.24) is 9.78 Å². The summed E-state index contributed by atoms with van der Waals surface area (Å²) in [5.74, 6) is 0.0522. The van der Waals surface area contributed by atoms with Crippen molar-refractivity contribution in [3.8, 4) is 5.75 Å². The highest BCUT2D eigenvalue weighted by Gasteiger charge is 2.30. The number of aromatic nitrogens is 2. The molecule has 0 fully saturated rings. The van der Waals surface area contributed by atoms with Gasteiger partial charge in [0.2, 0.25) is 10.0 Å². The molecule has 1 N–H and O–H groups in total. The maximum Gasteiger partial charge on any atom is 0.416 e. The Hall–Kier alpha value is -2.23. The summed E-state index contributed by atoms with van der Waals surface area (Å²) in [6.07, 6.45) is -3.16. The Morgan fingerprint density at radius 2 is 1.96 bits per heavy atom. The van der Waals surface area contributed by atoms with E-state index in [0.29, 0.717) is 23.5 Å². The minimum absolute atomic E-state index is 0.00823. The summed E-state index contributed by atoms with van der Waals surface area (Å²) in [5.41, 5.74) is 0.524. The van der Waals surface area contributed by atoms with Crippen LogP contribution in [0.3, 0.4) is 0 Å². The van der Waals surface area contributed by atoms with Crippen LogP contribution in [-0.2, 0) is 22.9 Å². The van der Waals surface area contributed by atoms with E-state index in [1.54, 1.807) is 13.8 Å². The van der Waals surface area contributed by atoms with Gasteiger partial charge in [0.1, 0.15) is 5.75 Å². The van der Waals surface area contributed by atoms with Crippen LogP contribution in [0.15, 0.2) is 24.3 Å². The predicted molar refractivity (Wildman–Crippen MR) is 96.1 cm³/mol. The molecule has 2 rings (SSSR count).